The molecule has 8 heteroatoms. The first kappa shape index (κ1) is 17.7. The molecule has 1 heterocycles. The van der Waals surface area contributed by atoms with Crippen molar-refractivity contribution in [1.82, 2.24) is 4.98 Å². The van der Waals surface area contributed by atoms with E-state index in [-0.39, 0.29) is 23.6 Å². The Balaban J connectivity index is 2.12. The summed E-state index contributed by atoms with van der Waals surface area (Å²) in [6.07, 6.45) is 0. The third kappa shape index (κ3) is 4.94. The van der Waals surface area contributed by atoms with Gasteiger partial charge in [-0.3, -0.25) is 9.59 Å². The van der Waals surface area contributed by atoms with Gasteiger partial charge < -0.3 is 20.7 Å². The maximum absolute atomic E-state index is 12.3. The number of halogens is 1. The molecule has 2 rings (SSSR count). The van der Waals surface area contributed by atoms with Gasteiger partial charge in [0.2, 0.25) is 5.91 Å². The molecular weight excluding hydrogens is 332 g/mol. The minimum Gasteiger partial charge on any atom is -0.375 e. The van der Waals surface area contributed by atoms with Crippen LogP contribution in [0.5, 0.6) is 0 Å². The molecule has 1 aromatic heterocycles. The summed E-state index contributed by atoms with van der Waals surface area (Å²) in [4.78, 5) is 27.9. The molecule has 7 nitrogen and oxygen atoms in total. The van der Waals surface area contributed by atoms with E-state index in [1.807, 2.05) is 0 Å². The van der Waals surface area contributed by atoms with Gasteiger partial charge in [0.1, 0.15) is 17.6 Å². The molecule has 126 valence electrons. The molecular formula is C16H17ClN4O3. The Morgan fingerprint density at radius 1 is 1.17 bits per heavy atom. The fraction of sp³-hybridized carbons (Fsp3) is 0.188. The minimum atomic E-state index is -0.337. The van der Waals surface area contributed by atoms with Crippen LogP contribution in [0.15, 0.2) is 36.4 Å². The van der Waals surface area contributed by atoms with Crippen molar-refractivity contribution < 1.29 is 14.3 Å². The number of benzene rings is 1. The zero-order valence-electron chi connectivity index (χ0n) is 13.2. The highest BCUT2D eigenvalue weighted by Crippen LogP contribution is 2.18. The van der Waals surface area contributed by atoms with Gasteiger partial charge in [-0.1, -0.05) is 17.7 Å². The molecule has 0 fully saturated rings. The van der Waals surface area contributed by atoms with Crippen molar-refractivity contribution in [3.8, 4) is 0 Å². The number of nitrogens with zero attached hydrogens (tertiary/aromatic N) is 1. The normalized spacial score (nSPS) is 10.1. The fourth-order valence-corrected chi connectivity index (χ4v) is 2.17. The highest BCUT2D eigenvalue weighted by molar-refractivity contribution is 6.30. The van der Waals surface area contributed by atoms with Crippen molar-refractivity contribution in [2.45, 2.75) is 0 Å². The zero-order chi connectivity index (χ0) is 17.5. The van der Waals surface area contributed by atoms with Gasteiger partial charge in [0, 0.05) is 31.1 Å². The summed E-state index contributed by atoms with van der Waals surface area (Å²) in [6.45, 7) is -0.0428. The van der Waals surface area contributed by atoms with Crippen molar-refractivity contribution in [3.05, 3.63) is 47.1 Å². The van der Waals surface area contributed by atoms with Crippen molar-refractivity contribution in [1.29, 1.82) is 0 Å². The van der Waals surface area contributed by atoms with Crippen LogP contribution in [0.3, 0.4) is 0 Å². The third-order valence-electron chi connectivity index (χ3n) is 2.99. The second kappa shape index (κ2) is 8.28. The summed E-state index contributed by atoms with van der Waals surface area (Å²) in [6, 6.07) is 9.86. The van der Waals surface area contributed by atoms with E-state index in [2.05, 4.69) is 20.9 Å². The minimum absolute atomic E-state index is 0.0428. The molecule has 0 aliphatic rings. The molecule has 0 aliphatic heterocycles. The molecule has 0 atom stereocenters. The second-order valence-electron chi connectivity index (χ2n) is 4.83. The smallest absolute Gasteiger partial charge is 0.255 e. The lowest BCUT2D eigenvalue weighted by Crippen LogP contribution is -2.17. The summed E-state index contributed by atoms with van der Waals surface area (Å²) >= 11 is 5.90. The Kier molecular flexibility index (Phi) is 6.11. The molecule has 0 spiro atoms. The molecule has 0 saturated carbocycles. The van der Waals surface area contributed by atoms with E-state index in [4.69, 9.17) is 16.3 Å². The summed E-state index contributed by atoms with van der Waals surface area (Å²) in [7, 11) is 3.13. The highest BCUT2D eigenvalue weighted by Gasteiger charge is 2.10. The van der Waals surface area contributed by atoms with Crippen molar-refractivity contribution in [3.63, 3.8) is 0 Å². The molecule has 0 saturated heterocycles. The van der Waals surface area contributed by atoms with Crippen LogP contribution in [0.4, 0.5) is 17.2 Å². The van der Waals surface area contributed by atoms with Crippen molar-refractivity contribution in [2.75, 3.05) is 36.7 Å². The highest BCUT2D eigenvalue weighted by atomic mass is 35.5. The van der Waals surface area contributed by atoms with Gasteiger partial charge in [0.15, 0.2) is 0 Å². The maximum Gasteiger partial charge on any atom is 0.255 e. The van der Waals surface area contributed by atoms with Gasteiger partial charge in [-0.15, -0.1) is 0 Å². The van der Waals surface area contributed by atoms with Crippen molar-refractivity contribution in [2.24, 2.45) is 0 Å². The first-order valence-electron chi connectivity index (χ1n) is 7.07. The molecule has 0 unspecified atom stereocenters. The molecule has 0 radical (unpaired) electrons. The molecule has 2 aromatic rings. The number of nitrogens with one attached hydrogen (secondary N) is 3. The van der Waals surface area contributed by atoms with Gasteiger partial charge in [-0.25, -0.2) is 4.98 Å². The Bertz CT molecular complexity index is 752. The molecule has 2 amide bonds. The third-order valence-corrected chi connectivity index (χ3v) is 3.19. The molecule has 0 aliphatic carbocycles. The monoisotopic (exact) mass is 348 g/mol. The van der Waals surface area contributed by atoms with Crippen LogP contribution in [0.2, 0.25) is 5.15 Å². The predicted molar refractivity (Wildman–Crippen MR) is 93.7 cm³/mol. The van der Waals surface area contributed by atoms with Crippen LogP contribution in [-0.2, 0) is 9.53 Å². The van der Waals surface area contributed by atoms with Gasteiger partial charge in [0.05, 0.1) is 0 Å². The van der Waals surface area contributed by atoms with Crippen LogP contribution < -0.4 is 16.0 Å². The zero-order valence-corrected chi connectivity index (χ0v) is 14.0. The van der Waals surface area contributed by atoms with E-state index in [9.17, 15) is 9.59 Å². The number of rotatable bonds is 6. The van der Waals surface area contributed by atoms with Crippen LogP contribution >= 0.6 is 11.6 Å². The predicted octanol–water partition coefficient (Wildman–Crippen LogP) is 2.61. The largest absolute Gasteiger partial charge is 0.375 e. The van der Waals surface area contributed by atoms with Crippen LogP contribution in [-0.4, -0.2) is 37.6 Å². The van der Waals surface area contributed by atoms with E-state index in [0.29, 0.717) is 22.8 Å². The molecule has 0 bridgehead atoms. The average Bonchev–Trinajstić information content (AvgIpc) is 2.54. The van der Waals surface area contributed by atoms with Gasteiger partial charge in [-0.05, 0) is 30.3 Å². The van der Waals surface area contributed by atoms with Crippen LogP contribution in [0, 0.1) is 0 Å². The lowest BCUT2D eigenvalue weighted by molar-refractivity contribution is -0.119. The summed E-state index contributed by atoms with van der Waals surface area (Å²) in [5.41, 5.74) is 1.46. The Morgan fingerprint density at radius 3 is 2.54 bits per heavy atom. The quantitative estimate of drug-likeness (QED) is 0.698. The number of methoxy groups -OCH3 is 1. The van der Waals surface area contributed by atoms with E-state index in [1.165, 1.54) is 13.2 Å². The maximum atomic E-state index is 12.3. The summed E-state index contributed by atoms with van der Waals surface area (Å²) < 4.78 is 4.76. The standard InChI is InChI=1S/C16H17ClN4O3/c1-18-14-7-10(6-13(17)21-14)16(23)20-12-5-3-4-11(8-12)19-15(22)9-24-2/h3-8H,9H2,1-2H3,(H,18,21)(H,19,22)(H,20,23). The Labute approximate surface area is 144 Å². The lowest BCUT2D eigenvalue weighted by Gasteiger charge is -2.09. The number of hydrogen-bond acceptors (Lipinski definition) is 5. The van der Waals surface area contributed by atoms with Crippen LogP contribution in [0.1, 0.15) is 10.4 Å². The number of aromatic nitrogens is 1. The number of carbonyl (C=O) groups excluding carboxylic acids is 2. The van der Waals surface area contributed by atoms with Gasteiger partial charge in [-0.2, -0.15) is 0 Å². The van der Waals surface area contributed by atoms with E-state index >= 15 is 0 Å². The van der Waals surface area contributed by atoms with Gasteiger partial charge in [0.25, 0.3) is 5.91 Å². The van der Waals surface area contributed by atoms with Crippen LogP contribution in [0.25, 0.3) is 0 Å². The van der Waals surface area contributed by atoms with Crippen molar-refractivity contribution >= 4 is 40.6 Å². The molecule has 3 N–H and O–H groups in total. The lowest BCUT2D eigenvalue weighted by atomic mass is 10.2. The van der Waals surface area contributed by atoms with E-state index in [1.54, 1.807) is 37.4 Å². The fourth-order valence-electron chi connectivity index (χ4n) is 1.96. The Hall–Kier alpha value is -2.64. The number of carbonyl (C=O) groups is 2. The number of pyridine rings is 1. The first-order chi connectivity index (χ1) is 11.5. The number of amides is 2. The summed E-state index contributed by atoms with van der Waals surface area (Å²) in [5.74, 6) is -0.120. The number of ether oxygens (including phenoxy) is 1. The SMILES string of the molecule is CNc1cc(C(=O)Nc2cccc(NC(=O)COC)c2)cc(Cl)n1. The van der Waals surface area contributed by atoms with Gasteiger partial charge >= 0.3 is 0 Å². The first-order valence-corrected chi connectivity index (χ1v) is 7.45. The second-order valence-corrected chi connectivity index (χ2v) is 5.22. The number of anilines is 3. The number of hydrogen-bond donors (Lipinski definition) is 3. The average molecular weight is 349 g/mol. The topological polar surface area (TPSA) is 92.4 Å². The van der Waals surface area contributed by atoms with E-state index < -0.39 is 0 Å². The summed E-state index contributed by atoms with van der Waals surface area (Å²) in [5, 5.41) is 8.46. The molecule has 1 aromatic carbocycles. The Morgan fingerprint density at radius 2 is 1.88 bits per heavy atom. The van der Waals surface area contributed by atoms with E-state index in [0.717, 1.165) is 0 Å². The molecule has 24 heavy (non-hydrogen) atoms.